The van der Waals surface area contributed by atoms with Gasteiger partial charge in [-0.3, -0.25) is 4.98 Å². The van der Waals surface area contributed by atoms with Crippen molar-refractivity contribution in [3.63, 3.8) is 0 Å². The van der Waals surface area contributed by atoms with Crippen LogP contribution in [0.5, 0.6) is 0 Å². The van der Waals surface area contributed by atoms with Crippen LogP contribution in [0.2, 0.25) is 0 Å². The number of anilines is 1. The number of sulfone groups is 1. The van der Waals surface area contributed by atoms with Crippen LogP contribution in [0.3, 0.4) is 0 Å². The minimum absolute atomic E-state index is 0.231. The van der Waals surface area contributed by atoms with Gasteiger partial charge in [0.05, 0.1) is 15.3 Å². The van der Waals surface area contributed by atoms with Crippen LogP contribution in [0.15, 0.2) is 70.6 Å². The van der Waals surface area contributed by atoms with E-state index < -0.39 is 9.84 Å². The van der Waals surface area contributed by atoms with Gasteiger partial charge < -0.3 is 9.80 Å². The highest BCUT2D eigenvalue weighted by Gasteiger charge is 2.19. The molecule has 1 saturated heterocycles. The maximum Gasteiger partial charge on any atom is 0.208 e. The third-order valence-electron chi connectivity index (χ3n) is 5.19. The topological polar surface area (TPSA) is 53.5 Å². The third kappa shape index (κ3) is 3.55. The molecule has 0 aliphatic carbocycles. The molecule has 0 atom stereocenters. The fraction of sp³-hybridized carbons (Fsp3) is 0.286. The van der Waals surface area contributed by atoms with Crippen molar-refractivity contribution in [2.45, 2.75) is 16.7 Å². The highest BCUT2D eigenvalue weighted by Crippen LogP contribution is 2.26. The molecule has 1 aliphatic rings. The van der Waals surface area contributed by atoms with Gasteiger partial charge >= 0.3 is 0 Å². The van der Waals surface area contributed by atoms with Crippen molar-refractivity contribution in [3.8, 4) is 0 Å². The molecule has 1 fully saturated rings. The highest BCUT2D eigenvalue weighted by atomic mass is 32.2. The number of aromatic nitrogens is 1. The summed E-state index contributed by atoms with van der Waals surface area (Å²) < 4.78 is 25.8. The second-order valence-electron chi connectivity index (χ2n) is 6.79. The van der Waals surface area contributed by atoms with Crippen LogP contribution in [0.1, 0.15) is 6.92 Å². The number of hydrogen-bond donors (Lipinski definition) is 0. The Labute approximate surface area is 160 Å². The van der Waals surface area contributed by atoms with Gasteiger partial charge in [-0.15, -0.1) is 0 Å². The summed E-state index contributed by atoms with van der Waals surface area (Å²) in [5.41, 5.74) is 1.92. The fourth-order valence-corrected chi connectivity index (χ4v) is 4.76. The predicted octanol–water partition coefficient (Wildman–Crippen LogP) is 3.21. The van der Waals surface area contributed by atoms with Crippen molar-refractivity contribution < 1.29 is 8.42 Å². The van der Waals surface area contributed by atoms with Crippen LogP contribution in [-0.4, -0.2) is 51.0 Å². The van der Waals surface area contributed by atoms with Crippen molar-refractivity contribution in [2.75, 3.05) is 37.6 Å². The van der Waals surface area contributed by atoms with Crippen molar-refractivity contribution in [1.29, 1.82) is 0 Å². The number of nitrogens with zero attached hydrogens (tertiary/aromatic N) is 3. The van der Waals surface area contributed by atoms with Gasteiger partial charge in [0.25, 0.3) is 0 Å². The van der Waals surface area contributed by atoms with Crippen molar-refractivity contribution >= 4 is 26.4 Å². The average Bonchev–Trinajstić information content (AvgIpc) is 2.73. The van der Waals surface area contributed by atoms with Gasteiger partial charge in [0.15, 0.2) is 0 Å². The number of fused-ring (bicyclic) bond motifs is 1. The largest absolute Gasteiger partial charge is 0.369 e. The van der Waals surface area contributed by atoms with Gasteiger partial charge in [0.2, 0.25) is 9.84 Å². The minimum Gasteiger partial charge on any atom is -0.369 e. The van der Waals surface area contributed by atoms with E-state index in [1.807, 2.05) is 18.2 Å². The molecule has 2 heterocycles. The Kier molecular flexibility index (Phi) is 4.85. The lowest BCUT2D eigenvalue weighted by Gasteiger charge is -2.35. The summed E-state index contributed by atoms with van der Waals surface area (Å²) in [5.74, 6) is 0. The maximum absolute atomic E-state index is 12.9. The molecule has 0 radical (unpaired) electrons. The van der Waals surface area contributed by atoms with E-state index in [0.717, 1.165) is 49.3 Å². The molecule has 0 bridgehead atoms. The van der Waals surface area contributed by atoms with Crippen molar-refractivity contribution in [3.05, 3.63) is 60.8 Å². The van der Waals surface area contributed by atoms with Crippen LogP contribution in [0.25, 0.3) is 10.9 Å². The number of piperazine rings is 1. The number of hydrogen-bond acceptors (Lipinski definition) is 5. The Morgan fingerprint density at radius 3 is 2.37 bits per heavy atom. The predicted molar refractivity (Wildman–Crippen MR) is 108 cm³/mol. The zero-order valence-corrected chi connectivity index (χ0v) is 16.2. The summed E-state index contributed by atoms with van der Waals surface area (Å²) in [6.45, 7) is 7.33. The molecule has 0 saturated carbocycles. The molecule has 2 aromatic carbocycles. The van der Waals surface area contributed by atoms with E-state index in [-0.39, 0.29) is 9.79 Å². The van der Waals surface area contributed by atoms with E-state index >= 15 is 0 Å². The molecule has 140 valence electrons. The quantitative estimate of drug-likeness (QED) is 0.695. The van der Waals surface area contributed by atoms with Crippen LogP contribution in [0, 0.1) is 0 Å². The summed E-state index contributed by atoms with van der Waals surface area (Å²) in [7, 11) is -3.56. The van der Waals surface area contributed by atoms with E-state index in [1.54, 1.807) is 30.3 Å². The second-order valence-corrected chi connectivity index (χ2v) is 8.74. The summed E-state index contributed by atoms with van der Waals surface area (Å²) in [6, 6.07) is 16.3. The first-order chi connectivity index (χ1) is 13.1. The molecular formula is C21H23N3O2S. The minimum atomic E-state index is -3.56. The molecule has 1 aromatic heterocycles. The van der Waals surface area contributed by atoms with Crippen LogP contribution >= 0.6 is 0 Å². The lowest BCUT2D eigenvalue weighted by atomic mass is 10.1. The molecule has 0 unspecified atom stereocenters. The van der Waals surface area contributed by atoms with E-state index in [0.29, 0.717) is 0 Å². The van der Waals surface area contributed by atoms with Crippen LogP contribution < -0.4 is 4.90 Å². The molecule has 5 nitrogen and oxygen atoms in total. The van der Waals surface area contributed by atoms with E-state index in [9.17, 15) is 8.42 Å². The molecule has 0 amide bonds. The van der Waals surface area contributed by atoms with Crippen molar-refractivity contribution in [2.24, 2.45) is 0 Å². The molecule has 27 heavy (non-hydrogen) atoms. The molecule has 0 N–H and O–H groups in total. The maximum atomic E-state index is 12.9. The summed E-state index contributed by atoms with van der Waals surface area (Å²) in [4.78, 5) is 9.68. The number of rotatable bonds is 4. The summed E-state index contributed by atoms with van der Waals surface area (Å²) in [6.07, 6.45) is 1.45. The van der Waals surface area contributed by atoms with Gasteiger partial charge in [0.1, 0.15) is 0 Å². The van der Waals surface area contributed by atoms with E-state index in [1.165, 1.54) is 6.20 Å². The molecule has 0 spiro atoms. The number of likely N-dealkylation sites (N-methyl/N-ethyl adjacent to an activating group) is 1. The molecular weight excluding hydrogens is 358 g/mol. The Balaban J connectivity index is 1.68. The molecule has 6 heteroatoms. The third-order valence-corrected chi connectivity index (χ3v) is 6.92. The molecule has 1 aliphatic heterocycles. The fourth-order valence-electron chi connectivity index (χ4n) is 3.50. The van der Waals surface area contributed by atoms with Gasteiger partial charge in [-0.2, -0.15) is 0 Å². The Morgan fingerprint density at radius 2 is 1.67 bits per heavy atom. The first kappa shape index (κ1) is 17.9. The lowest BCUT2D eigenvalue weighted by Crippen LogP contribution is -2.46. The molecule has 4 rings (SSSR count). The first-order valence-electron chi connectivity index (χ1n) is 9.25. The van der Waals surface area contributed by atoms with Crippen LogP contribution in [0.4, 0.5) is 5.69 Å². The highest BCUT2D eigenvalue weighted by molar-refractivity contribution is 7.91. The van der Waals surface area contributed by atoms with E-state index in [2.05, 4.69) is 27.8 Å². The van der Waals surface area contributed by atoms with Gasteiger partial charge in [-0.1, -0.05) is 25.1 Å². The van der Waals surface area contributed by atoms with E-state index in [4.69, 9.17) is 0 Å². The zero-order chi connectivity index (χ0) is 18.9. The van der Waals surface area contributed by atoms with Gasteiger partial charge in [-0.25, -0.2) is 8.42 Å². The van der Waals surface area contributed by atoms with Gasteiger partial charge in [-0.05, 0) is 42.9 Å². The summed E-state index contributed by atoms with van der Waals surface area (Å²) in [5, 5.41) is 0.849. The number of pyridine rings is 1. The SMILES string of the molecule is CCN1CCN(c2ccc3ncc(S(=O)(=O)c4ccccc4)cc3c2)CC1. The Bertz CT molecular complexity index is 1040. The lowest BCUT2D eigenvalue weighted by molar-refractivity contribution is 0.271. The van der Waals surface area contributed by atoms with Gasteiger partial charge in [0, 0.05) is 43.4 Å². The Morgan fingerprint density at radius 1 is 0.926 bits per heavy atom. The smallest absolute Gasteiger partial charge is 0.208 e. The van der Waals surface area contributed by atoms with Crippen molar-refractivity contribution in [1.82, 2.24) is 9.88 Å². The van der Waals surface area contributed by atoms with Crippen LogP contribution in [-0.2, 0) is 9.84 Å². The standard InChI is InChI=1S/C21H23N3O2S/c1-2-23-10-12-24(13-11-23)18-8-9-21-17(14-18)15-20(16-22-21)27(25,26)19-6-4-3-5-7-19/h3-9,14-16H,2,10-13H2,1H3. The first-order valence-corrected chi connectivity index (χ1v) is 10.7. The summed E-state index contributed by atoms with van der Waals surface area (Å²) >= 11 is 0. The normalized spacial score (nSPS) is 16.0. The number of benzene rings is 2. The zero-order valence-electron chi connectivity index (χ0n) is 15.4. The molecule has 3 aromatic rings. The average molecular weight is 382 g/mol. The monoisotopic (exact) mass is 381 g/mol. The Hall–Kier alpha value is -2.44. The second kappa shape index (κ2) is 7.29.